The summed E-state index contributed by atoms with van der Waals surface area (Å²) in [7, 11) is 0. The van der Waals surface area contributed by atoms with E-state index >= 15 is 0 Å². The number of piperidine rings is 1. The zero-order valence-electron chi connectivity index (χ0n) is 8.97. The Bertz CT molecular complexity index is 397. The number of aliphatic hydroxyl groups excluding tert-OH is 1. The normalized spacial score (nSPS) is 20.8. The molecule has 0 radical (unpaired) electrons. The minimum atomic E-state index is -0.260. The van der Waals surface area contributed by atoms with Gasteiger partial charge in [0, 0.05) is 13.1 Å². The smallest absolute Gasteiger partial charge is 0.129 e. The molecule has 1 aromatic heterocycles. The first-order chi connectivity index (χ1) is 7.66. The highest BCUT2D eigenvalue weighted by molar-refractivity contribution is 7.80. The molecule has 3 N–H and O–H groups in total. The van der Waals surface area contributed by atoms with Crippen LogP contribution in [0.1, 0.15) is 18.5 Å². The van der Waals surface area contributed by atoms with E-state index in [1.165, 1.54) is 0 Å². The first kappa shape index (κ1) is 11.3. The van der Waals surface area contributed by atoms with E-state index in [1.54, 1.807) is 6.07 Å². The number of aromatic nitrogens is 1. The van der Waals surface area contributed by atoms with Gasteiger partial charge in [0.05, 0.1) is 11.8 Å². The van der Waals surface area contributed by atoms with Gasteiger partial charge in [0.15, 0.2) is 0 Å². The van der Waals surface area contributed by atoms with E-state index in [0.29, 0.717) is 17.2 Å². The van der Waals surface area contributed by atoms with Crippen LogP contribution < -0.4 is 10.6 Å². The number of rotatable bonds is 2. The predicted octanol–water partition coefficient (Wildman–Crippen LogP) is 0.677. The molecular formula is C11H15N3OS. The van der Waals surface area contributed by atoms with Crippen molar-refractivity contribution in [3.8, 4) is 0 Å². The second-order valence-corrected chi connectivity index (χ2v) is 4.43. The van der Waals surface area contributed by atoms with Crippen LogP contribution in [0.3, 0.4) is 0 Å². The van der Waals surface area contributed by atoms with E-state index in [0.717, 1.165) is 25.2 Å². The van der Waals surface area contributed by atoms with Crippen LogP contribution in [0.5, 0.6) is 0 Å². The van der Waals surface area contributed by atoms with Crippen molar-refractivity contribution in [3.05, 3.63) is 23.9 Å². The van der Waals surface area contributed by atoms with Gasteiger partial charge in [0.25, 0.3) is 0 Å². The number of nitrogens with two attached hydrogens (primary N) is 1. The van der Waals surface area contributed by atoms with Crippen LogP contribution in [0.15, 0.2) is 18.2 Å². The highest BCUT2D eigenvalue weighted by Gasteiger charge is 2.18. The molecule has 0 spiro atoms. The van der Waals surface area contributed by atoms with Crippen molar-refractivity contribution in [3.63, 3.8) is 0 Å². The fourth-order valence-electron chi connectivity index (χ4n) is 1.90. The molecule has 86 valence electrons. The Morgan fingerprint density at radius 1 is 1.56 bits per heavy atom. The van der Waals surface area contributed by atoms with Gasteiger partial charge in [0.1, 0.15) is 10.8 Å². The lowest BCUT2D eigenvalue weighted by Crippen LogP contribution is -2.38. The third-order valence-electron chi connectivity index (χ3n) is 2.71. The molecule has 0 aliphatic carbocycles. The van der Waals surface area contributed by atoms with E-state index in [2.05, 4.69) is 9.88 Å². The highest BCUT2D eigenvalue weighted by atomic mass is 32.1. The number of thiocarbonyl (C=S) groups is 1. The summed E-state index contributed by atoms with van der Waals surface area (Å²) in [5.74, 6) is 0.837. The molecule has 2 heterocycles. The Morgan fingerprint density at radius 2 is 2.38 bits per heavy atom. The monoisotopic (exact) mass is 237 g/mol. The molecule has 16 heavy (non-hydrogen) atoms. The van der Waals surface area contributed by atoms with Crippen molar-refractivity contribution in [2.45, 2.75) is 18.9 Å². The van der Waals surface area contributed by atoms with Crippen LogP contribution in [-0.4, -0.2) is 34.3 Å². The zero-order chi connectivity index (χ0) is 11.5. The van der Waals surface area contributed by atoms with Gasteiger partial charge >= 0.3 is 0 Å². The minimum Gasteiger partial charge on any atom is -0.391 e. The summed E-state index contributed by atoms with van der Waals surface area (Å²) in [4.78, 5) is 6.75. The molecule has 1 aliphatic heterocycles. The Kier molecular flexibility index (Phi) is 3.36. The van der Waals surface area contributed by atoms with Gasteiger partial charge in [-0.2, -0.15) is 0 Å². The Labute approximate surface area is 100 Å². The van der Waals surface area contributed by atoms with Crippen LogP contribution in [0.4, 0.5) is 5.82 Å². The van der Waals surface area contributed by atoms with Crippen LogP contribution >= 0.6 is 12.2 Å². The lowest BCUT2D eigenvalue weighted by atomic mass is 10.1. The lowest BCUT2D eigenvalue weighted by Gasteiger charge is -2.31. The van der Waals surface area contributed by atoms with Gasteiger partial charge in [-0.1, -0.05) is 18.3 Å². The molecule has 1 saturated heterocycles. The molecule has 0 aromatic carbocycles. The van der Waals surface area contributed by atoms with E-state index in [-0.39, 0.29) is 6.10 Å². The molecule has 4 nitrogen and oxygen atoms in total. The number of anilines is 1. The molecule has 1 fully saturated rings. The van der Waals surface area contributed by atoms with Crippen molar-refractivity contribution in [2.24, 2.45) is 5.73 Å². The van der Waals surface area contributed by atoms with Crippen LogP contribution in [0.2, 0.25) is 0 Å². The molecule has 0 saturated carbocycles. The molecule has 5 heteroatoms. The maximum atomic E-state index is 9.60. The molecule has 0 bridgehead atoms. The van der Waals surface area contributed by atoms with Crippen LogP contribution in [0.25, 0.3) is 0 Å². The van der Waals surface area contributed by atoms with Crippen molar-refractivity contribution in [1.82, 2.24) is 4.98 Å². The van der Waals surface area contributed by atoms with Gasteiger partial charge < -0.3 is 15.7 Å². The Balaban J connectivity index is 2.19. The van der Waals surface area contributed by atoms with Crippen LogP contribution in [0, 0.1) is 0 Å². The van der Waals surface area contributed by atoms with Crippen molar-refractivity contribution in [2.75, 3.05) is 18.0 Å². The second-order valence-electron chi connectivity index (χ2n) is 3.99. The summed E-state index contributed by atoms with van der Waals surface area (Å²) in [5.41, 5.74) is 6.17. The summed E-state index contributed by atoms with van der Waals surface area (Å²) < 4.78 is 0. The van der Waals surface area contributed by atoms with E-state index in [4.69, 9.17) is 18.0 Å². The third kappa shape index (κ3) is 2.48. The lowest BCUT2D eigenvalue weighted by molar-refractivity contribution is 0.154. The maximum Gasteiger partial charge on any atom is 0.129 e. The van der Waals surface area contributed by atoms with Gasteiger partial charge in [-0.15, -0.1) is 0 Å². The van der Waals surface area contributed by atoms with E-state index in [9.17, 15) is 5.11 Å². The average Bonchev–Trinajstić information content (AvgIpc) is 2.29. The molecule has 1 aromatic rings. The molecular weight excluding hydrogens is 222 g/mol. The van der Waals surface area contributed by atoms with Crippen molar-refractivity contribution < 1.29 is 5.11 Å². The first-order valence-electron chi connectivity index (χ1n) is 5.36. The number of pyridine rings is 1. The van der Waals surface area contributed by atoms with Crippen LogP contribution in [-0.2, 0) is 0 Å². The number of hydrogen-bond acceptors (Lipinski definition) is 4. The SMILES string of the molecule is NC(=S)c1cccc(N2CCCC(O)C2)n1. The summed E-state index contributed by atoms with van der Waals surface area (Å²) >= 11 is 4.89. The van der Waals surface area contributed by atoms with E-state index < -0.39 is 0 Å². The summed E-state index contributed by atoms with van der Waals surface area (Å²) in [6.45, 7) is 1.55. The van der Waals surface area contributed by atoms with Gasteiger partial charge in [0.2, 0.25) is 0 Å². The topological polar surface area (TPSA) is 62.4 Å². The Morgan fingerprint density at radius 3 is 3.06 bits per heavy atom. The second kappa shape index (κ2) is 4.76. The largest absolute Gasteiger partial charge is 0.391 e. The quantitative estimate of drug-likeness (QED) is 0.741. The average molecular weight is 237 g/mol. The number of aliphatic hydroxyl groups is 1. The standard InChI is InChI=1S/C11H15N3OS/c12-11(16)9-4-1-5-10(13-9)14-6-2-3-8(15)7-14/h1,4-5,8,15H,2-3,6-7H2,(H2,12,16). The third-order valence-corrected chi connectivity index (χ3v) is 2.92. The number of hydrogen-bond donors (Lipinski definition) is 2. The fourth-order valence-corrected chi connectivity index (χ4v) is 2.01. The highest BCUT2D eigenvalue weighted by Crippen LogP contribution is 2.18. The Hall–Kier alpha value is -1.20. The van der Waals surface area contributed by atoms with E-state index in [1.807, 2.05) is 12.1 Å². The summed E-state index contributed by atoms with van der Waals surface area (Å²) in [6.07, 6.45) is 1.59. The summed E-state index contributed by atoms with van der Waals surface area (Å²) in [5, 5.41) is 9.60. The first-order valence-corrected chi connectivity index (χ1v) is 5.77. The molecule has 1 atom stereocenters. The number of nitrogens with zero attached hydrogens (tertiary/aromatic N) is 2. The molecule has 1 aliphatic rings. The number of β-amino-alcohol motifs (C(OH)–C–C–N with tert-alkyl or cyclic N) is 1. The van der Waals surface area contributed by atoms with Gasteiger partial charge in [-0.25, -0.2) is 4.98 Å². The van der Waals surface area contributed by atoms with Crippen molar-refractivity contribution in [1.29, 1.82) is 0 Å². The molecule has 2 rings (SSSR count). The van der Waals surface area contributed by atoms with Gasteiger partial charge in [-0.3, -0.25) is 0 Å². The predicted molar refractivity (Wildman–Crippen MR) is 67.6 cm³/mol. The minimum absolute atomic E-state index is 0.260. The summed E-state index contributed by atoms with van der Waals surface area (Å²) in [6, 6.07) is 5.60. The zero-order valence-corrected chi connectivity index (χ0v) is 9.78. The van der Waals surface area contributed by atoms with Gasteiger partial charge in [-0.05, 0) is 25.0 Å². The maximum absolute atomic E-state index is 9.60. The molecule has 0 amide bonds. The fraction of sp³-hybridized carbons (Fsp3) is 0.455. The molecule has 1 unspecified atom stereocenters. The van der Waals surface area contributed by atoms with Crippen molar-refractivity contribution >= 4 is 23.0 Å².